The number of carbonyl (C=O) groups excluding carboxylic acids is 1. The Labute approximate surface area is 149 Å². The van der Waals surface area contributed by atoms with Gasteiger partial charge in [0.25, 0.3) is 11.5 Å². The lowest BCUT2D eigenvalue weighted by molar-refractivity contribution is 0.103. The van der Waals surface area contributed by atoms with E-state index in [4.69, 9.17) is 0 Å². The van der Waals surface area contributed by atoms with E-state index in [0.717, 1.165) is 17.7 Å². The van der Waals surface area contributed by atoms with Gasteiger partial charge in [-0.3, -0.25) is 9.59 Å². The van der Waals surface area contributed by atoms with Crippen molar-refractivity contribution in [3.05, 3.63) is 56.3 Å². The Kier molecular flexibility index (Phi) is 4.36. The van der Waals surface area contributed by atoms with Crippen molar-refractivity contribution in [1.82, 2.24) is 9.97 Å². The van der Waals surface area contributed by atoms with Crippen LogP contribution >= 0.6 is 11.3 Å². The number of aromatic amines is 1. The second kappa shape index (κ2) is 6.80. The van der Waals surface area contributed by atoms with Crippen molar-refractivity contribution >= 4 is 33.8 Å². The van der Waals surface area contributed by atoms with Crippen LogP contribution < -0.4 is 10.9 Å². The highest BCUT2D eigenvalue weighted by molar-refractivity contribution is 7.14. The molecular weight excluding hydrogens is 334 g/mol. The van der Waals surface area contributed by atoms with Crippen LogP contribution in [0.4, 0.5) is 5.69 Å². The molecule has 5 nitrogen and oxygen atoms in total. The predicted molar refractivity (Wildman–Crippen MR) is 101 cm³/mol. The number of carbonyl (C=O) groups is 1. The molecule has 0 saturated carbocycles. The van der Waals surface area contributed by atoms with Gasteiger partial charge in [0.05, 0.1) is 22.1 Å². The number of benzene rings is 1. The van der Waals surface area contributed by atoms with Crippen LogP contribution in [0.3, 0.4) is 0 Å². The Morgan fingerprint density at radius 1 is 1.12 bits per heavy atom. The van der Waals surface area contributed by atoms with Crippen LogP contribution in [0.2, 0.25) is 0 Å². The lowest BCUT2D eigenvalue weighted by Crippen LogP contribution is -2.11. The summed E-state index contributed by atoms with van der Waals surface area (Å²) < 4.78 is 0. The number of amides is 1. The molecule has 0 bridgehead atoms. The fourth-order valence-electron chi connectivity index (χ4n) is 3.30. The Balaban J connectivity index is 1.59. The minimum absolute atomic E-state index is 0.114. The third kappa shape index (κ3) is 3.35. The normalized spacial score (nSPS) is 14.6. The topological polar surface area (TPSA) is 74.8 Å². The Morgan fingerprint density at radius 2 is 1.96 bits per heavy atom. The first-order chi connectivity index (χ1) is 12.2. The van der Waals surface area contributed by atoms with E-state index in [1.165, 1.54) is 42.5 Å². The second-order valence-electron chi connectivity index (χ2n) is 6.39. The molecule has 128 valence electrons. The van der Waals surface area contributed by atoms with E-state index in [9.17, 15) is 9.59 Å². The molecule has 3 aromatic rings. The number of H-pyrrole nitrogens is 1. The number of thiophene rings is 1. The van der Waals surface area contributed by atoms with Crippen molar-refractivity contribution in [2.24, 2.45) is 0 Å². The fourth-order valence-corrected chi connectivity index (χ4v) is 4.44. The molecule has 2 heterocycles. The zero-order chi connectivity index (χ0) is 17.2. The molecule has 25 heavy (non-hydrogen) atoms. The van der Waals surface area contributed by atoms with Crippen LogP contribution in [0.5, 0.6) is 0 Å². The molecule has 1 aliphatic carbocycles. The Hall–Kier alpha value is -2.47. The maximum absolute atomic E-state index is 12.6. The number of fused-ring (bicyclic) bond motifs is 2. The molecule has 1 aliphatic rings. The zero-order valence-corrected chi connectivity index (χ0v) is 14.6. The third-order valence-corrected chi connectivity index (χ3v) is 5.85. The minimum atomic E-state index is -0.208. The van der Waals surface area contributed by atoms with Crippen molar-refractivity contribution in [3.63, 3.8) is 0 Å². The van der Waals surface area contributed by atoms with Crippen molar-refractivity contribution < 1.29 is 4.79 Å². The summed E-state index contributed by atoms with van der Waals surface area (Å²) >= 11 is 1.60. The van der Waals surface area contributed by atoms with Crippen molar-refractivity contribution in [2.45, 2.75) is 38.5 Å². The van der Waals surface area contributed by atoms with E-state index in [-0.39, 0.29) is 11.5 Å². The van der Waals surface area contributed by atoms with Crippen LogP contribution in [-0.4, -0.2) is 15.9 Å². The van der Waals surface area contributed by atoms with Gasteiger partial charge in [0, 0.05) is 10.6 Å². The number of anilines is 1. The number of rotatable bonds is 2. The third-order valence-electron chi connectivity index (χ3n) is 4.62. The highest BCUT2D eigenvalue weighted by atomic mass is 32.1. The minimum Gasteiger partial charge on any atom is -0.321 e. The van der Waals surface area contributed by atoms with Crippen LogP contribution in [0, 0.1) is 0 Å². The molecule has 0 fully saturated rings. The van der Waals surface area contributed by atoms with E-state index in [1.54, 1.807) is 29.5 Å². The van der Waals surface area contributed by atoms with Gasteiger partial charge in [-0.2, -0.15) is 0 Å². The molecule has 0 atom stereocenters. The van der Waals surface area contributed by atoms with E-state index >= 15 is 0 Å². The number of nitrogens with zero attached hydrogens (tertiary/aromatic N) is 1. The summed E-state index contributed by atoms with van der Waals surface area (Å²) in [6.45, 7) is 0. The maximum Gasteiger partial charge on any atom is 0.265 e. The van der Waals surface area contributed by atoms with Gasteiger partial charge in [0.1, 0.15) is 0 Å². The largest absolute Gasteiger partial charge is 0.321 e. The van der Waals surface area contributed by atoms with Gasteiger partial charge in [0.15, 0.2) is 0 Å². The number of hydrogen-bond acceptors (Lipinski definition) is 4. The van der Waals surface area contributed by atoms with Gasteiger partial charge in [-0.25, -0.2) is 4.98 Å². The lowest BCUT2D eigenvalue weighted by Gasteiger charge is -2.07. The Bertz CT molecular complexity index is 964. The smallest absolute Gasteiger partial charge is 0.265 e. The SMILES string of the molecule is O=C(Nc1ccc2nc[nH]c(=O)c2c1)c1cc2c(s1)CCCCCC2. The molecule has 2 aromatic heterocycles. The first-order valence-corrected chi connectivity index (χ1v) is 9.43. The summed E-state index contributed by atoms with van der Waals surface area (Å²) in [5, 5.41) is 3.38. The second-order valence-corrected chi connectivity index (χ2v) is 7.53. The van der Waals surface area contributed by atoms with Crippen LogP contribution in [0.15, 0.2) is 35.4 Å². The fraction of sp³-hybridized carbons (Fsp3) is 0.316. The van der Waals surface area contributed by atoms with Crippen LogP contribution in [-0.2, 0) is 12.8 Å². The van der Waals surface area contributed by atoms with Gasteiger partial charge < -0.3 is 10.3 Å². The first-order valence-electron chi connectivity index (χ1n) is 8.61. The first kappa shape index (κ1) is 16.0. The molecular formula is C19H19N3O2S. The van der Waals surface area contributed by atoms with Gasteiger partial charge in [-0.1, -0.05) is 12.8 Å². The zero-order valence-electron chi connectivity index (χ0n) is 13.8. The summed E-state index contributed by atoms with van der Waals surface area (Å²) in [6.07, 6.45) is 8.47. The highest BCUT2D eigenvalue weighted by Gasteiger charge is 2.16. The summed E-state index contributed by atoms with van der Waals surface area (Å²) in [5.41, 5.74) is 2.34. The molecule has 1 amide bonds. The van der Waals surface area contributed by atoms with Crippen molar-refractivity contribution in [1.29, 1.82) is 0 Å². The Morgan fingerprint density at radius 3 is 2.84 bits per heavy atom. The number of nitrogens with one attached hydrogen (secondary N) is 2. The molecule has 1 aromatic carbocycles. The monoisotopic (exact) mass is 353 g/mol. The number of aryl methyl sites for hydroxylation is 2. The number of hydrogen-bond donors (Lipinski definition) is 2. The van der Waals surface area contributed by atoms with E-state index < -0.39 is 0 Å². The summed E-state index contributed by atoms with van der Waals surface area (Å²) in [4.78, 5) is 33.3. The molecule has 6 heteroatoms. The summed E-state index contributed by atoms with van der Waals surface area (Å²) in [6, 6.07) is 7.23. The molecule has 0 saturated heterocycles. The lowest BCUT2D eigenvalue weighted by atomic mass is 10.00. The standard InChI is InChI=1S/C19H19N3O2S/c23-18-14-10-13(7-8-15(14)20-11-21-18)22-19(24)17-9-12-5-3-1-2-4-6-16(12)25-17/h7-11H,1-6H2,(H,22,24)(H,20,21,23). The van der Waals surface area contributed by atoms with Crippen molar-refractivity contribution in [3.8, 4) is 0 Å². The molecule has 0 radical (unpaired) electrons. The van der Waals surface area contributed by atoms with Gasteiger partial charge >= 0.3 is 0 Å². The van der Waals surface area contributed by atoms with Gasteiger partial charge in [-0.05, 0) is 55.5 Å². The van der Waals surface area contributed by atoms with Gasteiger partial charge in [-0.15, -0.1) is 11.3 Å². The summed E-state index contributed by atoms with van der Waals surface area (Å²) in [7, 11) is 0. The van der Waals surface area contributed by atoms with E-state index in [2.05, 4.69) is 15.3 Å². The average molecular weight is 353 g/mol. The molecule has 0 unspecified atom stereocenters. The quantitative estimate of drug-likeness (QED) is 0.734. The summed E-state index contributed by atoms with van der Waals surface area (Å²) in [5.74, 6) is -0.114. The van der Waals surface area contributed by atoms with E-state index in [0.29, 0.717) is 16.6 Å². The molecule has 0 aliphatic heterocycles. The van der Waals surface area contributed by atoms with Crippen molar-refractivity contribution in [2.75, 3.05) is 5.32 Å². The molecule has 4 rings (SSSR count). The van der Waals surface area contributed by atoms with E-state index in [1.807, 2.05) is 6.07 Å². The average Bonchev–Trinajstić information content (AvgIpc) is 2.98. The maximum atomic E-state index is 12.6. The van der Waals surface area contributed by atoms with Crippen LogP contribution in [0.1, 0.15) is 45.8 Å². The highest BCUT2D eigenvalue weighted by Crippen LogP contribution is 2.29. The van der Waals surface area contributed by atoms with Crippen LogP contribution in [0.25, 0.3) is 10.9 Å². The predicted octanol–water partition coefficient (Wildman–Crippen LogP) is 3.90. The number of aromatic nitrogens is 2. The molecule has 2 N–H and O–H groups in total. The molecule has 0 spiro atoms. The van der Waals surface area contributed by atoms with Gasteiger partial charge in [0.2, 0.25) is 0 Å².